The quantitative estimate of drug-likeness (QED) is 0.915. The second-order valence-corrected chi connectivity index (χ2v) is 6.07. The van der Waals surface area contributed by atoms with Crippen LogP contribution in [-0.4, -0.2) is 52.8 Å². The van der Waals surface area contributed by atoms with Gasteiger partial charge in [-0.05, 0) is 17.7 Å². The summed E-state index contributed by atoms with van der Waals surface area (Å²) in [4.78, 5) is 4.63. The van der Waals surface area contributed by atoms with E-state index in [9.17, 15) is 5.11 Å². The molecule has 1 saturated heterocycles. The van der Waals surface area contributed by atoms with Gasteiger partial charge < -0.3 is 9.63 Å². The van der Waals surface area contributed by atoms with Crippen LogP contribution in [0.4, 0.5) is 0 Å². The third kappa shape index (κ3) is 4.08. The van der Waals surface area contributed by atoms with Gasteiger partial charge in [0.1, 0.15) is 6.26 Å². The number of piperazine rings is 1. The van der Waals surface area contributed by atoms with E-state index < -0.39 is 6.10 Å². The highest BCUT2D eigenvalue weighted by atomic mass is 35.5. The molecule has 1 aromatic heterocycles. The molecule has 6 heteroatoms. The monoisotopic (exact) mass is 321 g/mol. The van der Waals surface area contributed by atoms with Gasteiger partial charge in [0.15, 0.2) is 0 Å². The molecule has 1 N–H and O–H groups in total. The van der Waals surface area contributed by atoms with Crippen LogP contribution in [0.5, 0.6) is 0 Å². The van der Waals surface area contributed by atoms with Crippen LogP contribution in [0, 0.1) is 0 Å². The van der Waals surface area contributed by atoms with E-state index in [-0.39, 0.29) is 0 Å². The molecule has 0 aliphatic carbocycles. The summed E-state index contributed by atoms with van der Waals surface area (Å²) in [5.74, 6) is 0. The largest absolute Gasteiger partial charge is 0.387 e. The van der Waals surface area contributed by atoms with E-state index in [1.54, 1.807) is 6.26 Å². The Morgan fingerprint density at radius 2 is 1.95 bits per heavy atom. The fraction of sp³-hybridized carbons (Fsp3) is 0.438. The third-order valence-corrected chi connectivity index (χ3v) is 4.24. The van der Waals surface area contributed by atoms with Gasteiger partial charge in [-0.3, -0.25) is 9.80 Å². The molecule has 22 heavy (non-hydrogen) atoms. The van der Waals surface area contributed by atoms with Crippen LogP contribution in [0.1, 0.15) is 17.4 Å². The minimum Gasteiger partial charge on any atom is -0.387 e. The van der Waals surface area contributed by atoms with E-state index in [0.29, 0.717) is 11.6 Å². The molecule has 1 aliphatic heterocycles. The molecule has 2 heterocycles. The van der Waals surface area contributed by atoms with Crippen molar-refractivity contribution in [3.05, 3.63) is 52.9 Å². The van der Waals surface area contributed by atoms with Crippen LogP contribution in [0.25, 0.3) is 0 Å². The molecule has 0 bridgehead atoms. The van der Waals surface area contributed by atoms with Gasteiger partial charge in [0.05, 0.1) is 11.8 Å². The molecule has 0 spiro atoms. The van der Waals surface area contributed by atoms with Crippen molar-refractivity contribution >= 4 is 11.6 Å². The van der Waals surface area contributed by atoms with E-state index in [1.165, 1.54) is 0 Å². The van der Waals surface area contributed by atoms with E-state index in [0.717, 1.165) is 44.0 Å². The number of hydrogen-bond donors (Lipinski definition) is 1. The third-order valence-electron chi connectivity index (χ3n) is 4.01. The van der Waals surface area contributed by atoms with Gasteiger partial charge in [-0.1, -0.05) is 28.9 Å². The molecule has 1 unspecified atom stereocenters. The fourth-order valence-electron chi connectivity index (χ4n) is 2.74. The minimum atomic E-state index is -0.499. The number of hydrogen-bond acceptors (Lipinski definition) is 5. The Labute approximate surface area is 135 Å². The van der Waals surface area contributed by atoms with Gasteiger partial charge in [0.25, 0.3) is 0 Å². The summed E-state index contributed by atoms with van der Waals surface area (Å²) in [6.45, 7) is 5.27. The number of aliphatic hydroxyl groups excluding tert-OH is 1. The Morgan fingerprint density at radius 3 is 2.64 bits per heavy atom. The maximum Gasteiger partial charge on any atom is 0.124 e. The first-order chi connectivity index (χ1) is 10.7. The lowest BCUT2D eigenvalue weighted by molar-refractivity contribution is 0.0693. The Kier molecular flexibility index (Phi) is 5.10. The molecular formula is C16H20ClN3O2. The second kappa shape index (κ2) is 7.24. The van der Waals surface area contributed by atoms with Gasteiger partial charge in [-0.25, -0.2) is 0 Å². The first-order valence-electron chi connectivity index (χ1n) is 7.48. The number of benzene rings is 1. The molecule has 1 atom stereocenters. The minimum absolute atomic E-state index is 0.499. The molecule has 118 valence electrons. The Bertz CT molecular complexity index is 583. The van der Waals surface area contributed by atoms with Crippen LogP contribution >= 0.6 is 11.6 Å². The van der Waals surface area contributed by atoms with Crippen molar-refractivity contribution in [2.75, 3.05) is 32.7 Å². The zero-order valence-corrected chi connectivity index (χ0v) is 13.1. The lowest BCUT2D eigenvalue weighted by Crippen LogP contribution is -2.47. The lowest BCUT2D eigenvalue weighted by Gasteiger charge is -2.35. The topological polar surface area (TPSA) is 52.7 Å². The highest BCUT2D eigenvalue weighted by molar-refractivity contribution is 6.30. The van der Waals surface area contributed by atoms with Crippen LogP contribution in [0.3, 0.4) is 0 Å². The van der Waals surface area contributed by atoms with Gasteiger partial charge in [-0.2, -0.15) is 0 Å². The van der Waals surface area contributed by atoms with Crippen molar-refractivity contribution in [3.8, 4) is 0 Å². The van der Waals surface area contributed by atoms with Gasteiger partial charge in [-0.15, -0.1) is 0 Å². The summed E-state index contributed by atoms with van der Waals surface area (Å²) in [7, 11) is 0. The summed E-state index contributed by atoms with van der Waals surface area (Å²) in [5.41, 5.74) is 1.84. The van der Waals surface area contributed by atoms with Crippen LogP contribution < -0.4 is 0 Å². The van der Waals surface area contributed by atoms with E-state index in [1.807, 2.05) is 30.3 Å². The molecule has 5 nitrogen and oxygen atoms in total. The van der Waals surface area contributed by atoms with Gasteiger partial charge in [0, 0.05) is 50.4 Å². The van der Waals surface area contributed by atoms with Crippen molar-refractivity contribution in [1.29, 1.82) is 0 Å². The van der Waals surface area contributed by atoms with Gasteiger partial charge in [0.2, 0.25) is 0 Å². The van der Waals surface area contributed by atoms with Crippen molar-refractivity contribution in [1.82, 2.24) is 15.0 Å². The Morgan fingerprint density at radius 1 is 1.18 bits per heavy atom. The molecule has 1 aliphatic rings. The summed E-state index contributed by atoms with van der Waals surface area (Å²) >= 11 is 5.97. The number of aliphatic hydroxyl groups is 1. The highest BCUT2D eigenvalue weighted by Crippen LogP contribution is 2.19. The number of halogens is 1. The molecule has 2 aromatic rings. The predicted octanol–water partition coefficient (Wildman–Crippen LogP) is 2.18. The molecule has 3 rings (SSSR count). The van der Waals surface area contributed by atoms with Gasteiger partial charge >= 0.3 is 0 Å². The lowest BCUT2D eigenvalue weighted by atomic mass is 10.1. The molecule has 0 radical (unpaired) electrons. The van der Waals surface area contributed by atoms with Crippen LogP contribution in [-0.2, 0) is 6.54 Å². The zero-order valence-electron chi connectivity index (χ0n) is 12.4. The number of nitrogens with zero attached hydrogens (tertiary/aromatic N) is 3. The van der Waals surface area contributed by atoms with E-state index in [4.69, 9.17) is 16.1 Å². The van der Waals surface area contributed by atoms with Crippen LogP contribution in [0.15, 0.2) is 41.1 Å². The standard InChI is InChI=1S/C16H20ClN3O2/c17-14-3-1-2-13(10-14)16(21)12-20-7-5-19(6-8-20)11-15-4-9-22-18-15/h1-4,9-10,16,21H,5-8,11-12H2. The normalized spacial score (nSPS) is 18.5. The smallest absolute Gasteiger partial charge is 0.124 e. The molecule has 1 aromatic carbocycles. The number of rotatable bonds is 5. The first kappa shape index (κ1) is 15.5. The predicted molar refractivity (Wildman–Crippen MR) is 84.6 cm³/mol. The summed E-state index contributed by atoms with van der Waals surface area (Å²) in [6.07, 6.45) is 1.10. The number of aromatic nitrogens is 1. The van der Waals surface area contributed by atoms with Crippen molar-refractivity contribution in [2.24, 2.45) is 0 Å². The zero-order chi connectivity index (χ0) is 15.4. The van der Waals surface area contributed by atoms with Crippen molar-refractivity contribution in [3.63, 3.8) is 0 Å². The molecule has 0 saturated carbocycles. The first-order valence-corrected chi connectivity index (χ1v) is 7.86. The van der Waals surface area contributed by atoms with E-state index >= 15 is 0 Å². The second-order valence-electron chi connectivity index (χ2n) is 5.64. The summed E-state index contributed by atoms with van der Waals surface area (Å²) in [5, 5.41) is 14.9. The maximum absolute atomic E-state index is 10.3. The van der Waals surface area contributed by atoms with Crippen molar-refractivity contribution < 1.29 is 9.63 Å². The highest BCUT2D eigenvalue weighted by Gasteiger charge is 2.20. The SMILES string of the molecule is OC(CN1CCN(Cc2ccon2)CC1)c1cccc(Cl)c1. The Balaban J connectivity index is 1.47. The average molecular weight is 322 g/mol. The van der Waals surface area contributed by atoms with Crippen molar-refractivity contribution in [2.45, 2.75) is 12.6 Å². The number of β-amino-alcohol motifs (C(OH)–C–C–N with tert-alkyl or cyclic N) is 1. The fourth-order valence-corrected chi connectivity index (χ4v) is 2.94. The van der Waals surface area contributed by atoms with E-state index in [2.05, 4.69) is 15.0 Å². The molecule has 0 amide bonds. The van der Waals surface area contributed by atoms with Crippen LogP contribution in [0.2, 0.25) is 5.02 Å². The molecule has 1 fully saturated rings. The average Bonchev–Trinajstić information content (AvgIpc) is 3.02. The maximum atomic E-state index is 10.3. The summed E-state index contributed by atoms with van der Waals surface area (Å²) < 4.78 is 4.86. The Hall–Kier alpha value is -1.40. The molecular weight excluding hydrogens is 302 g/mol. The summed E-state index contributed by atoms with van der Waals surface area (Å²) in [6, 6.07) is 9.33.